The molecular weight excluding hydrogens is 222 g/mol. The van der Waals surface area contributed by atoms with Crippen molar-refractivity contribution in [2.24, 2.45) is 0 Å². The molecule has 1 saturated heterocycles. The largest absolute Gasteiger partial charge is 0.465 e. The maximum Gasteiger partial charge on any atom is 0.343 e. The molecule has 17 heavy (non-hydrogen) atoms. The summed E-state index contributed by atoms with van der Waals surface area (Å²) in [5.41, 5.74) is -0.201. The highest BCUT2D eigenvalue weighted by Crippen LogP contribution is 2.18. The number of carbonyl (C=O) groups is 1. The predicted molar refractivity (Wildman–Crippen MR) is 61.1 cm³/mol. The molecule has 0 atom stereocenters. The van der Waals surface area contributed by atoms with Crippen LogP contribution in [0.15, 0.2) is 23.1 Å². The molecule has 0 amide bonds. The number of ether oxygens (including phenoxy) is 2. The lowest BCUT2D eigenvalue weighted by Crippen LogP contribution is -2.32. The highest BCUT2D eigenvalue weighted by Gasteiger charge is 2.19. The van der Waals surface area contributed by atoms with Crippen molar-refractivity contribution >= 4 is 5.97 Å². The molecule has 0 aliphatic carbocycles. The first kappa shape index (κ1) is 11.9. The fraction of sp³-hybridized carbons (Fsp3) is 0.500. The van der Waals surface area contributed by atoms with Crippen molar-refractivity contribution in [3.05, 3.63) is 34.2 Å². The van der Waals surface area contributed by atoms with Crippen LogP contribution in [-0.2, 0) is 9.47 Å². The van der Waals surface area contributed by atoms with Crippen LogP contribution in [0.5, 0.6) is 0 Å². The van der Waals surface area contributed by atoms with E-state index in [1.807, 2.05) is 0 Å². The Hall–Kier alpha value is -1.62. The van der Waals surface area contributed by atoms with Gasteiger partial charge < -0.3 is 14.0 Å². The average Bonchev–Trinajstić information content (AvgIpc) is 2.39. The zero-order chi connectivity index (χ0) is 12.3. The van der Waals surface area contributed by atoms with Crippen LogP contribution < -0.4 is 5.56 Å². The minimum atomic E-state index is -0.587. The monoisotopic (exact) mass is 237 g/mol. The van der Waals surface area contributed by atoms with Crippen LogP contribution in [0.25, 0.3) is 0 Å². The van der Waals surface area contributed by atoms with E-state index in [0.29, 0.717) is 13.2 Å². The van der Waals surface area contributed by atoms with Crippen LogP contribution in [0.1, 0.15) is 29.2 Å². The van der Waals surface area contributed by atoms with Crippen LogP contribution in [0, 0.1) is 0 Å². The van der Waals surface area contributed by atoms with Gasteiger partial charge in [0.2, 0.25) is 0 Å². The Morgan fingerprint density at radius 1 is 1.47 bits per heavy atom. The Kier molecular flexibility index (Phi) is 3.58. The van der Waals surface area contributed by atoms with E-state index >= 15 is 0 Å². The summed E-state index contributed by atoms with van der Waals surface area (Å²) in [5.74, 6) is -0.587. The molecule has 1 aromatic rings. The van der Waals surface area contributed by atoms with E-state index in [-0.39, 0.29) is 17.2 Å². The van der Waals surface area contributed by atoms with Crippen LogP contribution in [-0.4, -0.2) is 30.9 Å². The Morgan fingerprint density at radius 2 is 2.18 bits per heavy atom. The highest BCUT2D eigenvalue weighted by molar-refractivity contribution is 5.88. The minimum absolute atomic E-state index is 0.0847. The van der Waals surface area contributed by atoms with E-state index in [1.54, 1.807) is 16.8 Å². The van der Waals surface area contributed by atoms with Gasteiger partial charge in [-0.1, -0.05) is 0 Å². The number of methoxy groups -OCH3 is 1. The van der Waals surface area contributed by atoms with E-state index in [2.05, 4.69) is 4.74 Å². The smallest absolute Gasteiger partial charge is 0.343 e. The molecule has 0 N–H and O–H groups in total. The van der Waals surface area contributed by atoms with Gasteiger partial charge in [-0.25, -0.2) is 4.79 Å². The number of pyridine rings is 1. The van der Waals surface area contributed by atoms with Crippen molar-refractivity contribution in [2.45, 2.75) is 18.9 Å². The molecular formula is C12H15NO4. The zero-order valence-corrected chi connectivity index (χ0v) is 9.72. The molecule has 92 valence electrons. The molecule has 1 aliphatic rings. The number of hydrogen-bond acceptors (Lipinski definition) is 4. The van der Waals surface area contributed by atoms with E-state index in [1.165, 1.54) is 13.2 Å². The van der Waals surface area contributed by atoms with Crippen molar-refractivity contribution < 1.29 is 14.3 Å². The third-order valence-corrected chi connectivity index (χ3v) is 2.96. The second-order valence-electron chi connectivity index (χ2n) is 3.97. The lowest BCUT2D eigenvalue weighted by molar-refractivity contribution is 0.0592. The number of aromatic nitrogens is 1. The molecule has 2 rings (SSSR count). The summed E-state index contributed by atoms with van der Waals surface area (Å²) in [4.78, 5) is 23.5. The molecule has 2 heterocycles. The van der Waals surface area contributed by atoms with Crippen LogP contribution in [0.3, 0.4) is 0 Å². The van der Waals surface area contributed by atoms with Gasteiger partial charge >= 0.3 is 5.97 Å². The Morgan fingerprint density at radius 3 is 2.82 bits per heavy atom. The first-order chi connectivity index (χ1) is 8.24. The molecule has 0 saturated carbocycles. The van der Waals surface area contributed by atoms with Gasteiger partial charge in [0.15, 0.2) is 0 Å². The number of carbonyl (C=O) groups excluding carboxylic acids is 1. The van der Waals surface area contributed by atoms with Gasteiger partial charge in [-0.3, -0.25) is 4.79 Å². The van der Waals surface area contributed by atoms with E-state index in [9.17, 15) is 9.59 Å². The Balaban J connectivity index is 2.34. The summed E-state index contributed by atoms with van der Waals surface area (Å²) in [7, 11) is 1.27. The number of hydrogen-bond donors (Lipinski definition) is 0. The third-order valence-electron chi connectivity index (χ3n) is 2.96. The molecule has 0 unspecified atom stereocenters. The Bertz CT molecular complexity index is 460. The topological polar surface area (TPSA) is 57.5 Å². The van der Waals surface area contributed by atoms with Crippen LogP contribution in [0.4, 0.5) is 0 Å². The molecule has 0 radical (unpaired) electrons. The molecule has 0 spiro atoms. The maximum absolute atomic E-state index is 12.1. The Labute approximate surface area is 99.0 Å². The standard InChI is InChI=1S/C12H15NO4/c1-16-12(15)10-3-2-6-13(11(10)14)9-4-7-17-8-5-9/h2-3,6,9H,4-5,7-8H2,1H3. The summed E-state index contributed by atoms with van der Waals surface area (Å²) in [6, 6.07) is 3.30. The number of esters is 1. The number of rotatable bonds is 2. The predicted octanol–water partition coefficient (Wildman–Crippen LogP) is 0.986. The van der Waals surface area contributed by atoms with Gasteiger partial charge in [0.1, 0.15) is 5.56 Å². The van der Waals surface area contributed by atoms with Crippen molar-refractivity contribution in [3.63, 3.8) is 0 Å². The van der Waals surface area contributed by atoms with E-state index < -0.39 is 5.97 Å². The lowest BCUT2D eigenvalue weighted by Gasteiger charge is -2.24. The molecule has 1 aromatic heterocycles. The molecule has 5 heteroatoms. The molecule has 0 aromatic carbocycles. The van der Waals surface area contributed by atoms with Crippen molar-refractivity contribution in [1.82, 2.24) is 4.57 Å². The molecule has 0 bridgehead atoms. The quantitative estimate of drug-likeness (QED) is 0.720. The summed E-state index contributed by atoms with van der Waals surface area (Å²) in [6.07, 6.45) is 3.31. The zero-order valence-electron chi connectivity index (χ0n) is 9.72. The third kappa shape index (κ3) is 2.39. The second kappa shape index (κ2) is 5.14. The van der Waals surface area contributed by atoms with Crippen LogP contribution in [0.2, 0.25) is 0 Å². The average molecular weight is 237 g/mol. The lowest BCUT2D eigenvalue weighted by atomic mass is 10.1. The van der Waals surface area contributed by atoms with Gasteiger partial charge in [0.25, 0.3) is 5.56 Å². The molecule has 1 aliphatic heterocycles. The van der Waals surface area contributed by atoms with Gasteiger partial charge in [-0.15, -0.1) is 0 Å². The van der Waals surface area contributed by atoms with E-state index in [0.717, 1.165) is 12.8 Å². The summed E-state index contributed by atoms with van der Waals surface area (Å²) in [6.45, 7) is 1.30. The van der Waals surface area contributed by atoms with Crippen molar-refractivity contribution in [2.75, 3.05) is 20.3 Å². The van der Waals surface area contributed by atoms with Gasteiger partial charge in [0, 0.05) is 25.5 Å². The van der Waals surface area contributed by atoms with Crippen molar-refractivity contribution in [1.29, 1.82) is 0 Å². The SMILES string of the molecule is COC(=O)c1cccn(C2CCOCC2)c1=O. The summed E-state index contributed by atoms with van der Waals surface area (Å²) >= 11 is 0. The van der Waals surface area contributed by atoms with Gasteiger partial charge in [-0.2, -0.15) is 0 Å². The number of nitrogens with zero attached hydrogens (tertiary/aromatic N) is 1. The van der Waals surface area contributed by atoms with Gasteiger partial charge in [0.05, 0.1) is 7.11 Å². The second-order valence-corrected chi connectivity index (χ2v) is 3.97. The first-order valence-corrected chi connectivity index (χ1v) is 5.61. The van der Waals surface area contributed by atoms with E-state index in [4.69, 9.17) is 4.74 Å². The van der Waals surface area contributed by atoms with Gasteiger partial charge in [-0.05, 0) is 25.0 Å². The molecule has 1 fully saturated rings. The normalized spacial score (nSPS) is 16.8. The maximum atomic E-state index is 12.1. The summed E-state index contributed by atoms with van der Waals surface area (Å²) in [5, 5.41) is 0. The van der Waals surface area contributed by atoms with Crippen LogP contribution >= 0.6 is 0 Å². The van der Waals surface area contributed by atoms with Crippen molar-refractivity contribution in [3.8, 4) is 0 Å². The first-order valence-electron chi connectivity index (χ1n) is 5.61. The fourth-order valence-electron chi connectivity index (χ4n) is 2.03. The highest BCUT2D eigenvalue weighted by atomic mass is 16.5. The fourth-order valence-corrected chi connectivity index (χ4v) is 2.03. The molecule has 5 nitrogen and oxygen atoms in total. The summed E-state index contributed by atoms with van der Waals surface area (Å²) < 4.78 is 11.4. The minimum Gasteiger partial charge on any atom is -0.465 e.